The SMILES string of the molecule is COc1c(C)cc2c(c1C)C(C)=NC(C)(C)C2. The van der Waals surface area contributed by atoms with Crippen molar-refractivity contribution in [1.82, 2.24) is 0 Å². The van der Waals surface area contributed by atoms with Crippen LogP contribution < -0.4 is 4.74 Å². The number of fused-ring (bicyclic) bond motifs is 1. The Balaban J connectivity index is 2.69. The van der Waals surface area contributed by atoms with Crippen molar-refractivity contribution >= 4 is 5.71 Å². The molecule has 0 radical (unpaired) electrons. The Hall–Kier alpha value is -1.31. The molecule has 1 heterocycles. The number of rotatable bonds is 1. The van der Waals surface area contributed by atoms with E-state index >= 15 is 0 Å². The first kappa shape index (κ1) is 12.2. The van der Waals surface area contributed by atoms with Crippen LogP contribution in [0, 0.1) is 13.8 Å². The van der Waals surface area contributed by atoms with Crippen molar-refractivity contribution in [2.75, 3.05) is 7.11 Å². The molecule has 0 aliphatic carbocycles. The van der Waals surface area contributed by atoms with E-state index in [1.165, 1.54) is 22.3 Å². The fraction of sp³-hybridized carbons (Fsp3) is 0.533. The van der Waals surface area contributed by atoms with Gasteiger partial charge in [0.2, 0.25) is 0 Å². The number of aliphatic imine (C=N–C) groups is 1. The van der Waals surface area contributed by atoms with E-state index in [2.05, 4.69) is 40.7 Å². The van der Waals surface area contributed by atoms with Crippen molar-refractivity contribution in [2.45, 2.75) is 46.6 Å². The fourth-order valence-electron chi connectivity index (χ4n) is 3.02. The highest BCUT2D eigenvalue weighted by Gasteiger charge is 2.27. The van der Waals surface area contributed by atoms with Gasteiger partial charge in [0.05, 0.1) is 12.6 Å². The van der Waals surface area contributed by atoms with Crippen LogP contribution in [0.4, 0.5) is 0 Å². The van der Waals surface area contributed by atoms with Gasteiger partial charge >= 0.3 is 0 Å². The third-order valence-corrected chi connectivity index (χ3v) is 3.44. The van der Waals surface area contributed by atoms with E-state index in [0.717, 1.165) is 17.9 Å². The van der Waals surface area contributed by atoms with Crippen LogP contribution in [-0.4, -0.2) is 18.4 Å². The molecule has 2 nitrogen and oxygen atoms in total. The van der Waals surface area contributed by atoms with Gasteiger partial charge in [-0.25, -0.2) is 0 Å². The number of benzene rings is 1. The van der Waals surface area contributed by atoms with Gasteiger partial charge in [-0.3, -0.25) is 4.99 Å². The third-order valence-electron chi connectivity index (χ3n) is 3.44. The number of methoxy groups -OCH3 is 1. The first-order chi connectivity index (χ1) is 7.85. The van der Waals surface area contributed by atoms with Gasteiger partial charge in [-0.05, 0) is 52.2 Å². The molecule has 0 amide bonds. The molecule has 0 atom stereocenters. The standard InChI is InChI=1S/C15H21NO/c1-9-7-12-8-15(4,5)16-11(3)13(12)10(2)14(9)17-6/h7H,8H2,1-6H3. The molecule has 0 N–H and O–H groups in total. The van der Waals surface area contributed by atoms with Crippen LogP contribution in [0.5, 0.6) is 5.75 Å². The summed E-state index contributed by atoms with van der Waals surface area (Å²) < 4.78 is 5.49. The predicted molar refractivity (Wildman–Crippen MR) is 72.5 cm³/mol. The molecule has 0 unspecified atom stereocenters. The summed E-state index contributed by atoms with van der Waals surface area (Å²) in [4.78, 5) is 4.78. The monoisotopic (exact) mass is 231 g/mol. The Kier molecular flexibility index (Phi) is 2.76. The zero-order valence-corrected chi connectivity index (χ0v) is 11.6. The third kappa shape index (κ3) is 1.97. The van der Waals surface area contributed by atoms with Crippen LogP contribution in [0.2, 0.25) is 0 Å². The Bertz CT molecular complexity index is 498. The summed E-state index contributed by atoms with van der Waals surface area (Å²) in [5.41, 5.74) is 6.27. The summed E-state index contributed by atoms with van der Waals surface area (Å²) in [6.07, 6.45) is 1.01. The van der Waals surface area contributed by atoms with Gasteiger partial charge in [-0.2, -0.15) is 0 Å². The average molecular weight is 231 g/mol. The molecule has 92 valence electrons. The molecule has 1 aliphatic heterocycles. The van der Waals surface area contributed by atoms with Crippen LogP contribution in [0.3, 0.4) is 0 Å². The molecule has 0 aromatic heterocycles. The van der Waals surface area contributed by atoms with Gasteiger partial charge in [0.15, 0.2) is 0 Å². The maximum absolute atomic E-state index is 5.49. The number of hydrogen-bond donors (Lipinski definition) is 0. The normalized spacial score (nSPS) is 17.4. The maximum Gasteiger partial charge on any atom is 0.125 e. The minimum atomic E-state index is 0.0184. The van der Waals surface area contributed by atoms with E-state index < -0.39 is 0 Å². The Morgan fingerprint density at radius 1 is 1.24 bits per heavy atom. The highest BCUT2D eigenvalue weighted by Crippen LogP contribution is 2.35. The lowest BCUT2D eigenvalue weighted by Gasteiger charge is -2.30. The summed E-state index contributed by atoms with van der Waals surface area (Å²) in [7, 11) is 1.74. The summed E-state index contributed by atoms with van der Waals surface area (Å²) in [5.74, 6) is 0.998. The van der Waals surface area contributed by atoms with E-state index in [1.807, 2.05) is 0 Å². The second-order valence-corrected chi connectivity index (χ2v) is 5.57. The van der Waals surface area contributed by atoms with Gasteiger partial charge in [-0.15, -0.1) is 0 Å². The van der Waals surface area contributed by atoms with Crippen molar-refractivity contribution in [3.63, 3.8) is 0 Å². The molecule has 1 aromatic carbocycles. The second-order valence-electron chi connectivity index (χ2n) is 5.57. The van der Waals surface area contributed by atoms with Crippen molar-refractivity contribution in [3.05, 3.63) is 28.3 Å². The lowest BCUT2D eigenvalue weighted by molar-refractivity contribution is 0.407. The van der Waals surface area contributed by atoms with Crippen LogP contribution in [-0.2, 0) is 6.42 Å². The molecule has 0 saturated carbocycles. The first-order valence-electron chi connectivity index (χ1n) is 6.09. The minimum absolute atomic E-state index is 0.0184. The van der Waals surface area contributed by atoms with Crippen LogP contribution in [0.1, 0.15) is 43.0 Å². The van der Waals surface area contributed by atoms with Gasteiger partial charge < -0.3 is 4.74 Å². The predicted octanol–water partition coefficient (Wildman–Crippen LogP) is 3.46. The second kappa shape index (κ2) is 3.86. The highest BCUT2D eigenvalue weighted by atomic mass is 16.5. The Morgan fingerprint density at radius 2 is 1.88 bits per heavy atom. The summed E-state index contributed by atoms with van der Waals surface area (Å²) in [6, 6.07) is 2.25. The lowest BCUT2D eigenvalue weighted by Crippen LogP contribution is -2.28. The van der Waals surface area contributed by atoms with Crippen LogP contribution >= 0.6 is 0 Å². The molecular weight excluding hydrogens is 210 g/mol. The summed E-state index contributed by atoms with van der Waals surface area (Å²) >= 11 is 0. The lowest BCUT2D eigenvalue weighted by atomic mass is 9.84. The van der Waals surface area contributed by atoms with Gasteiger partial charge in [0, 0.05) is 16.8 Å². The zero-order chi connectivity index (χ0) is 12.8. The first-order valence-corrected chi connectivity index (χ1v) is 6.09. The Morgan fingerprint density at radius 3 is 2.47 bits per heavy atom. The molecule has 2 heteroatoms. The van der Waals surface area contributed by atoms with Gasteiger partial charge in [-0.1, -0.05) is 6.07 Å². The van der Waals surface area contributed by atoms with E-state index in [4.69, 9.17) is 9.73 Å². The molecule has 0 bridgehead atoms. The number of ether oxygens (including phenoxy) is 1. The molecule has 0 saturated heterocycles. The van der Waals surface area contributed by atoms with E-state index in [0.29, 0.717) is 0 Å². The molecule has 2 rings (SSSR count). The van der Waals surface area contributed by atoms with Crippen LogP contribution in [0.25, 0.3) is 0 Å². The molecular formula is C15H21NO. The van der Waals surface area contributed by atoms with Gasteiger partial charge in [0.1, 0.15) is 5.75 Å². The number of aryl methyl sites for hydroxylation is 1. The minimum Gasteiger partial charge on any atom is -0.496 e. The molecule has 0 spiro atoms. The van der Waals surface area contributed by atoms with E-state index in [1.54, 1.807) is 7.11 Å². The topological polar surface area (TPSA) is 21.6 Å². The molecule has 17 heavy (non-hydrogen) atoms. The van der Waals surface area contributed by atoms with Crippen molar-refractivity contribution in [3.8, 4) is 5.75 Å². The average Bonchev–Trinajstić information content (AvgIpc) is 2.14. The quantitative estimate of drug-likeness (QED) is 0.725. The summed E-state index contributed by atoms with van der Waals surface area (Å²) in [5, 5.41) is 0. The molecule has 1 aliphatic rings. The van der Waals surface area contributed by atoms with Crippen molar-refractivity contribution in [2.24, 2.45) is 4.99 Å². The van der Waals surface area contributed by atoms with Crippen molar-refractivity contribution < 1.29 is 4.74 Å². The largest absolute Gasteiger partial charge is 0.496 e. The zero-order valence-electron chi connectivity index (χ0n) is 11.6. The molecule has 0 fully saturated rings. The highest BCUT2D eigenvalue weighted by molar-refractivity contribution is 6.03. The Labute approximate surface area is 104 Å². The van der Waals surface area contributed by atoms with E-state index in [9.17, 15) is 0 Å². The fourth-order valence-corrected chi connectivity index (χ4v) is 3.02. The summed E-state index contributed by atoms with van der Waals surface area (Å²) in [6.45, 7) is 10.7. The van der Waals surface area contributed by atoms with E-state index in [-0.39, 0.29) is 5.54 Å². The number of nitrogens with zero attached hydrogens (tertiary/aromatic N) is 1. The molecule has 1 aromatic rings. The smallest absolute Gasteiger partial charge is 0.125 e. The van der Waals surface area contributed by atoms with Crippen molar-refractivity contribution in [1.29, 1.82) is 0 Å². The maximum atomic E-state index is 5.49. The van der Waals surface area contributed by atoms with Gasteiger partial charge in [0.25, 0.3) is 0 Å². The number of hydrogen-bond acceptors (Lipinski definition) is 2. The van der Waals surface area contributed by atoms with Crippen LogP contribution in [0.15, 0.2) is 11.1 Å².